The zero-order valence-corrected chi connectivity index (χ0v) is 17.1. The van der Waals surface area contributed by atoms with E-state index < -0.39 is 0 Å². The van der Waals surface area contributed by atoms with Gasteiger partial charge in [-0.05, 0) is 38.3 Å². The molecule has 150 valence electrons. The predicted octanol–water partition coefficient (Wildman–Crippen LogP) is 3.83. The van der Waals surface area contributed by atoms with Crippen molar-refractivity contribution in [3.63, 3.8) is 0 Å². The van der Waals surface area contributed by atoms with Gasteiger partial charge in [-0.1, -0.05) is 32.0 Å². The third-order valence-corrected chi connectivity index (χ3v) is 6.50. The Kier molecular flexibility index (Phi) is 5.28. The van der Waals surface area contributed by atoms with Crippen LogP contribution in [0.15, 0.2) is 35.1 Å². The summed E-state index contributed by atoms with van der Waals surface area (Å²) >= 11 is 0. The highest BCUT2D eigenvalue weighted by atomic mass is 16.5. The van der Waals surface area contributed by atoms with Crippen LogP contribution in [0.4, 0.5) is 0 Å². The fraction of sp³-hybridized carbons (Fsp3) is 0.565. The van der Waals surface area contributed by atoms with E-state index in [1.54, 1.807) is 4.57 Å². The number of carbonyl (C=O) groups is 1. The van der Waals surface area contributed by atoms with Crippen LogP contribution in [0.25, 0.3) is 10.9 Å². The van der Waals surface area contributed by atoms with Crippen LogP contribution in [0.1, 0.15) is 56.3 Å². The first-order valence-electron chi connectivity index (χ1n) is 10.5. The van der Waals surface area contributed by atoms with Gasteiger partial charge in [-0.25, -0.2) is 4.79 Å². The Morgan fingerprint density at radius 2 is 1.86 bits per heavy atom. The topological polar surface area (TPSA) is 51.5 Å². The van der Waals surface area contributed by atoms with E-state index >= 15 is 0 Å². The van der Waals surface area contributed by atoms with Gasteiger partial charge in [-0.2, -0.15) is 0 Å². The van der Waals surface area contributed by atoms with Gasteiger partial charge in [0.2, 0.25) is 0 Å². The van der Waals surface area contributed by atoms with Crippen molar-refractivity contribution in [1.82, 2.24) is 9.47 Å². The van der Waals surface area contributed by atoms with Crippen LogP contribution in [0, 0.1) is 5.92 Å². The van der Waals surface area contributed by atoms with Crippen LogP contribution in [0.5, 0.6) is 0 Å². The Hall–Kier alpha value is -2.14. The van der Waals surface area contributed by atoms with E-state index in [9.17, 15) is 9.59 Å². The molecular formula is C23H30N2O3. The number of benzene rings is 1. The van der Waals surface area contributed by atoms with Crippen LogP contribution in [-0.2, 0) is 11.3 Å². The zero-order chi connectivity index (χ0) is 19.8. The molecule has 1 aromatic carbocycles. The molecule has 2 bridgehead atoms. The van der Waals surface area contributed by atoms with Gasteiger partial charge in [-0.3, -0.25) is 4.79 Å². The van der Waals surface area contributed by atoms with Gasteiger partial charge >= 0.3 is 5.97 Å². The number of rotatable bonds is 5. The number of carbonyl (C=O) groups excluding carboxylic acids is 1. The van der Waals surface area contributed by atoms with Gasteiger partial charge in [0.25, 0.3) is 5.56 Å². The summed E-state index contributed by atoms with van der Waals surface area (Å²) in [5.41, 5.74) is 1.08. The summed E-state index contributed by atoms with van der Waals surface area (Å²) in [5.74, 6) is 0.147. The van der Waals surface area contributed by atoms with Crippen molar-refractivity contribution in [3.8, 4) is 0 Å². The maximum Gasteiger partial charge on any atom is 0.339 e. The molecule has 2 fully saturated rings. The molecule has 2 saturated heterocycles. The van der Waals surface area contributed by atoms with Gasteiger partial charge in [0, 0.05) is 42.9 Å². The summed E-state index contributed by atoms with van der Waals surface area (Å²) in [6.45, 7) is 4.95. The second kappa shape index (κ2) is 7.70. The SMILES string of the molecule is CC(C)CCn1c(=O)cc(C(=O)OC2C[C@H]3CC[C@@H](C2)N3C)c2ccccc21. The van der Waals surface area contributed by atoms with Gasteiger partial charge in [0.15, 0.2) is 0 Å². The van der Waals surface area contributed by atoms with Gasteiger partial charge in [-0.15, -0.1) is 0 Å². The first-order valence-corrected chi connectivity index (χ1v) is 10.5. The third-order valence-electron chi connectivity index (χ3n) is 6.50. The minimum absolute atomic E-state index is 0.0525. The van der Waals surface area contributed by atoms with Crippen molar-refractivity contribution >= 4 is 16.9 Å². The van der Waals surface area contributed by atoms with Crippen molar-refractivity contribution in [2.75, 3.05) is 7.05 Å². The number of aryl methyl sites for hydroxylation is 1. The average molecular weight is 383 g/mol. The van der Waals surface area contributed by atoms with E-state index in [1.165, 1.54) is 18.9 Å². The smallest absolute Gasteiger partial charge is 0.339 e. The van der Waals surface area contributed by atoms with E-state index in [4.69, 9.17) is 4.74 Å². The number of hydrogen-bond donors (Lipinski definition) is 0. The quantitative estimate of drug-likeness (QED) is 0.738. The summed E-state index contributed by atoms with van der Waals surface area (Å²) in [7, 11) is 2.17. The molecule has 28 heavy (non-hydrogen) atoms. The van der Waals surface area contributed by atoms with E-state index in [-0.39, 0.29) is 17.6 Å². The first kappa shape index (κ1) is 19.2. The van der Waals surface area contributed by atoms with Crippen LogP contribution >= 0.6 is 0 Å². The lowest BCUT2D eigenvalue weighted by atomic mass is 10.0. The molecule has 2 aromatic rings. The Morgan fingerprint density at radius 1 is 1.18 bits per heavy atom. The number of para-hydroxylation sites is 1. The Bertz CT molecular complexity index is 919. The van der Waals surface area contributed by atoms with Crippen LogP contribution in [0.2, 0.25) is 0 Å². The Balaban J connectivity index is 1.61. The van der Waals surface area contributed by atoms with E-state index in [0.717, 1.165) is 30.2 Å². The van der Waals surface area contributed by atoms with Crippen LogP contribution < -0.4 is 5.56 Å². The molecule has 0 radical (unpaired) electrons. The summed E-state index contributed by atoms with van der Waals surface area (Å²) in [4.78, 5) is 28.2. The standard InChI is InChI=1S/C23H30N2O3/c1-15(2)10-11-25-21-7-5-4-6-19(21)20(14-22(25)26)23(27)28-18-12-16-8-9-17(13-18)24(16)3/h4-7,14-18H,8-13H2,1-3H3/t16-,17+,18?. The average Bonchev–Trinajstić information content (AvgIpc) is 2.88. The predicted molar refractivity (Wildman–Crippen MR) is 111 cm³/mol. The Labute approximate surface area is 166 Å². The van der Waals surface area contributed by atoms with Gasteiger partial charge in [0.05, 0.1) is 11.1 Å². The van der Waals surface area contributed by atoms with E-state index in [1.807, 2.05) is 24.3 Å². The molecule has 0 amide bonds. The first-order chi connectivity index (χ1) is 13.4. The molecule has 0 aliphatic carbocycles. The van der Waals surface area contributed by atoms with Gasteiger partial charge < -0.3 is 14.2 Å². The van der Waals surface area contributed by atoms with Crippen molar-refractivity contribution in [2.24, 2.45) is 5.92 Å². The number of esters is 1. The molecule has 5 heteroatoms. The molecule has 3 heterocycles. The lowest BCUT2D eigenvalue weighted by molar-refractivity contribution is -0.000288. The number of aromatic nitrogens is 1. The lowest BCUT2D eigenvalue weighted by Gasteiger charge is -2.35. The normalized spacial score (nSPS) is 24.8. The molecule has 0 spiro atoms. The van der Waals surface area contributed by atoms with Crippen LogP contribution in [-0.4, -0.2) is 40.7 Å². The minimum Gasteiger partial charge on any atom is -0.459 e. The second-order valence-corrected chi connectivity index (χ2v) is 8.80. The molecule has 2 aliphatic heterocycles. The highest BCUT2D eigenvalue weighted by Crippen LogP contribution is 2.35. The maximum atomic E-state index is 13.0. The van der Waals surface area contributed by atoms with Crippen LogP contribution in [0.3, 0.4) is 0 Å². The monoisotopic (exact) mass is 382 g/mol. The summed E-state index contributed by atoms with van der Waals surface area (Å²) in [5, 5.41) is 0.798. The van der Waals surface area contributed by atoms with Crippen molar-refractivity contribution in [2.45, 2.75) is 70.7 Å². The van der Waals surface area contributed by atoms with E-state index in [0.29, 0.717) is 30.1 Å². The molecule has 3 atom stereocenters. The molecular weight excluding hydrogens is 352 g/mol. The van der Waals surface area contributed by atoms with Crippen molar-refractivity contribution in [1.29, 1.82) is 0 Å². The summed E-state index contributed by atoms with van der Waals surface area (Å²) in [6, 6.07) is 10.1. The highest BCUT2D eigenvalue weighted by Gasteiger charge is 2.40. The largest absolute Gasteiger partial charge is 0.459 e. The second-order valence-electron chi connectivity index (χ2n) is 8.80. The van der Waals surface area contributed by atoms with Gasteiger partial charge in [0.1, 0.15) is 6.10 Å². The third kappa shape index (κ3) is 3.60. The summed E-state index contributed by atoms with van der Waals surface area (Å²) < 4.78 is 7.67. The van der Waals surface area contributed by atoms with Crippen molar-refractivity contribution in [3.05, 3.63) is 46.2 Å². The number of pyridine rings is 1. The number of fused-ring (bicyclic) bond motifs is 3. The fourth-order valence-electron chi connectivity index (χ4n) is 4.79. The lowest BCUT2D eigenvalue weighted by Crippen LogP contribution is -2.43. The number of hydrogen-bond acceptors (Lipinski definition) is 4. The molecule has 0 saturated carbocycles. The fourth-order valence-corrected chi connectivity index (χ4v) is 4.79. The zero-order valence-electron chi connectivity index (χ0n) is 17.1. The van der Waals surface area contributed by atoms with E-state index in [2.05, 4.69) is 25.8 Å². The van der Waals surface area contributed by atoms with Crippen molar-refractivity contribution < 1.29 is 9.53 Å². The minimum atomic E-state index is -0.363. The number of ether oxygens (including phenoxy) is 1. The molecule has 4 rings (SSSR count). The molecule has 0 N–H and O–H groups in total. The Morgan fingerprint density at radius 3 is 2.54 bits per heavy atom. The molecule has 1 unspecified atom stereocenters. The molecule has 5 nitrogen and oxygen atoms in total. The number of piperidine rings is 1. The maximum absolute atomic E-state index is 13.0. The number of nitrogens with zero attached hydrogens (tertiary/aromatic N) is 2. The highest BCUT2D eigenvalue weighted by molar-refractivity contribution is 6.03. The molecule has 2 aliphatic rings. The summed E-state index contributed by atoms with van der Waals surface area (Å²) in [6.07, 6.45) is 5.02. The molecule has 1 aromatic heterocycles.